The van der Waals surface area contributed by atoms with Gasteiger partial charge in [-0.05, 0) is 38.1 Å². The summed E-state index contributed by atoms with van der Waals surface area (Å²) in [7, 11) is 0. The van der Waals surface area contributed by atoms with Gasteiger partial charge in [-0.3, -0.25) is 4.40 Å². The minimum atomic E-state index is 0.166. The molecule has 3 aromatic rings. The van der Waals surface area contributed by atoms with E-state index in [4.69, 9.17) is 0 Å². The fraction of sp³-hybridized carbons (Fsp3) is 0.286. The molecule has 19 heavy (non-hydrogen) atoms. The van der Waals surface area contributed by atoms with Crippen LogP contribution in [0.4, 0.5) is 0 Å². The Bertz CT molecular complexity index is 685. The van der Waals surface area contributed by atoms with E-state index in [0.717, 1.165) is 18.0 Å². The number of pyridine rings is 1. The average molecular weight is 272 g/mol. The van der Waals surface area contributed by atoms with Gasteiger partial charge in [0.25, 0.3) is 0 Å². The van der Waals surface area contributed by atoms with Crippen molar-refractivity contribution in [2.24, 2.45) is 0 Å². The van der Waals surface area contributed by atoms with E-state index in [2.05, 4.69) is 41.5 Å². The van der Waals surface area contributed by atoms with E-state index in [1.165, 1.54) is 9.75 Å². The van der Waals surface area contributed by atoms with Crippen molar-refractivity contribution in [1.82, 2.24) is 19.9 Å². The molecule has 1 N–H and O–H groups in total. The fourth-order valence-corrected chi connectivity index (χ4v) is 2.92. The lowest BCUT2D eigenvalue weighted by atomic mass is 10.3. The maximum atomic E-state index is 4.27. The van der Waals surface area contributed by atoms with E-state index in [9.17, 15) is 0 Å². The zero-order valence-electron chi connectivity index (χ0n) is 11.0. The van der Waals surface area contributed by atoms with Crippen LogP contribution < -0.4 is 5.32 Å². The number of nitrogens with one attached hydrogen (secondary N) is 1. The Hall–Kier alpha value is -1.72. The van der Waals surface area contributed by atoms with Crippen LogP contribution >= 0.6 is 11.3 Å². The predicted molar refractivity (Wildman–Crippen MR) is 77.3 cm³/mol. The molecule has 4 nitrogen and oxygen atoms in total. The number of aromatic nitrogens is 3. The smallest absolute Gasteiger partial charge is 0.160 e. The van der Waals surface area contributed by atoms with Gasteiger partial charge < -0.3 is 5.32 Å². The Morgan fingerprint density at radius 3 is 2.95 bits per heavy atom. The molecule has 0 saturated carbocycles. The molecule has 0 spiro atoms. The number of hydrogen-bond donors (Lipinski definition) is 1. The van der Waals surface area contributed by atoms with Crippen molar-refractivity contribution in [3.63, 3.8) is 0 Å². The first-order valence-electron chi connectivity index (χ1n) is 6.32. The maximum Gasteiger partial charge on any atom is 0.160 e. The summed E-state index contributed by atoms with van der Waals surface area (Å²) in [6.07, 6.45) is 2.00. The zero-order valence-corrected chi connectivity index (χ0v) is 11.8. The Morgan fingerprint density at radius 1 is 1.26 bits per heavy atom. The molecule has 3 rings (SSSR count). The van der Waals surface area contributed by atoms with Crippen molar-refractivity contribution in [1.29, 1.82) is 0 Å². The van der Waals surface area contributed by atoms with Gasteiger partial charge in [-0.1, -0.05) is 6.07 Å². The fourth-order valence-electron chi connectivity index (χ4n) is 2.08. The van der Waals surface area contributed by atoms with E-state index in [-0.39, 0.29) is 6.04 Å². The van der Waals surface area contributed by atoms with Crippen molar-refractivity contribution >= 4 is 17.0 Å². The highest BCUT2D eigenvalue weighted by Crippen LogP contribution is 2.17. The van der Waals surface area contributed by atoms with E-state index in [1.807, 2.05) is 40.1 Å². The van der Waals surface area contributed by atoms with Gasteiger partial charge in [-0.2, -0.15) is 0 Å². The van der Waals surface area contributed by atoms with Gasteiger partial charge in [0, 0.05) is 22.5 Å². The molecule has 3 heterocycles. The second-order valence-corrected chi connectivity index (χ2v) is 5.97. The summed E-state index contributed by atoms with van der Waals surface area (Å²) < 4.78 is 2.03. The molecule has 0 aliphatic heterocycles. The number of nitrogens with zero attached hydrogens (tertiary/aromatic N) is 3. The van der Waals surface area contributed by atoms with Crippen LogP contribution in [0.25, 0.3) is 5.65 Å². The van der Waals surface area contributed by atoms with Gasteiger partial charge in [0.1, 0.15) is 0 Å². The van der Waals surface area contributed by atoms with Gasteiger partial charge in [0.05, 0.1) is 6.04 Å². The molecule has 0 radical (unpaired) electrons. The minimum Gasteiger partial charge on any atom is -0.303 e. The highest BCUT2D eigenvalue weighted by Gasteiger charge is 2.12. The Balaban J connectivity index is 1.75. The molecule has 0 amide bonds. The molecule has 0 saturated heterocycles. The Kier molecular flexibility index (Phi) is 3.31. The lowest BCUT2D eigenvalue weighted by molar-refractivity contribution is 0.545. The molecule has 0 fully saturated rings. The number of hydrogen-bond acceptors (Lipinski definition) is 4. The van der Waals surface area contributed by atoms with E-state index < -0.39 is 0 Å². The highest BCUT2D eigenvalue weighted by atomic mass is 32.1. The lowest BCUT2D eigenvalue weighted by Gasteiger charge is -2.11. The summed E-state index contributed by atoms with van der Waals surface area (Å²) in [5.74, 6) is 0.948. The molecular formula is C14H16N4S. The van der Waals surface area contributed by atoms with Gasteiger partial charge >= 0.3 is 0 Å². The average Bonchev–Trinajstić information content (AvgIpc) is 3.02. The monoisotopic (exact) mass is 272 g/mol. The van der Waals surface area contributed by atoms with Gasteiger partial charge in [0.2, 0.25) is 0 Å². The van der Waals surface area contributed by atoms with Crippen molar-refractivity contribution in [3.05, 3.63) is 52.1 Å². The van der Waals surface area contributed by atoms with Crippen molar-refractivity contribution in [3.8, 4) is 0 Å². The van der Waals surface area contributed by atoms with Crippen molar-refractivity contribution < 1.29 is 0 Å². The second kappa shape index (κ2) is 5.11. The van der Waals surface area contributed by atoms with E-state index in [1.54, 1.807) is 0 Å². The molecule has 98 valence electrons. The van der Waals surface area contributed by atoms with Crippen LogP contribution in [0.15, 0.2) is 36.5 Å². The van der Waals surface area contributed by atoms with Crippen LogP contribution in [-0.2, 0) is 6.54 Å². The normalized spacial score (nSPS) is 12.9. The summed E-state index contributed by atoms with van der Waals surface area (Å²) in [6, 6.07) is 10.4. The summed E-state index contributed by atoms with van der Waals surface area (Å²) >= 11 is 1.83. The number of thiophene rings is 1. The molecule has 0 aliphatic rings. The van der Waals surface area contributed by atoms with Gasteiger partial charge in [0.15, 0.2) is 11.5 Å². The topological polar surface area (TPSA) is 42.2 Å². The predicted octanol–water partition coefficient (Wildman–Crippen LogP) is 2.95. The van der Waals surface area contributed by atoms with E-state index >= 15 is 0 Å². The van der Waals surface area contributed by atoms with Crippen LogP contribution in [0.1, 0.15) is 28.5 Å². The van der Waals surface area contributed by atoms with Gasteiger partial charge in [-0.15, -0.1) is 21.5 Å². The summed E-state index contributed by atoms with van der Waals surface area (Å²) in [5.41, 5.74) is 0.887. The largest absolute Gasteiger partial charge is 0.303 e. The van der Waals surface area contributed by atoms with Crippen LogP contribution in [0.5, 0.6) is 0 Å². The molecule has 0 aromatic carbocycles. The Morgan fingerprint density at radius 2 is 2.16 bits per heavy atom. The number of rotatable bonds is 4. The highest BCUT2D eigenvalue weighted by molar-refractivity contribution is 7.11. The quantitative estimate of drug-likeness (QED) is 0.794. The molecule has 1 unspecified atom stereocenters. The van der Waals surface area contributed by atoms with Crippen molar-refractivity contribution in [2.45, 2.75) is 26.4 Å². The first kappa shape index (κ1) is 12.3. The summed E-state index contributed by atoms with van der Waals surface area (Å²) in [4.78, 5) is 2.69. The molecule has 0 bridgehead atoms. The second-order valence-electron chi connectivity index (χ2n) is 4.60. The van der Waals surface area contributed by atoms with Crippen LogP contribution in [-0.4, -0.2) is 14.6 Å². The molecule has 5 heteroatoms. The molecule has 3 aromatic heterocycles. The van der Waals surface area contributed by atoms with Crippen LogP contribution in [0, 0.1) is 6.92 Å². The number of fused-ring (bicyclic) bond motifs is 1. The standard InChI is InChI=1S/C14H16N4S/c1-10-6-7-12(19-10)9-15-11(2)14-17-16-13-5-3-4-8-18(13)14/h3-8,11,15H,9H2,1-2H3. The lowest BCUT2D eigenvalue weighted by Crippen LogP contribution is -2.19. The first-order valence-corrected chi connectivity index (χ1v) is 7.14. The SMILES string of the molecule is Cc1ccc(CNC(C)c2nnc3ccccn23)s1. The van der Waals surface area contributed by atoms with Gasteiger partial charge in [-0.25, -0.2) is 0 Å². The third kappa shape index (κ3) is 2.52. The molecule has 0 aliphatic carbocycles. The molecular weight excluding hydrogens is 256 g/mol. The molecule has 1 atom stereocenters. The Labute approximate surface area is 116 Å². The van der Waals surface area contributed by atoms with Crippen molar-refractivity contribution in [2.75, 3.05) is 0 Å². The minimum absolute atomic E-state index is 0.166. The van der Waals surface area contributed by atoms with Crippen LogP contribution in [0.3, 0.4) is 0 Å². The van der Waals surface area contributed by atoms with Crippen LogP contribution in [0.2, 0.25) is 0 Å². The number of aryl methyl sites for hydroxylation is 1. The third-order valence-corrected chi connectivity index (χ3v) is 4.11. The summed E-state index contributed by atoms with van der Waals surface area (Å²) in [6.45, 7) is 5.11. The van der Waals surface area contributed by atoms with E-state index in [0.29, 0.717) is 0 Å². The zero-order chi connectivity index (χ0) is 13.2. The maximum absolute atomic E-state index is 4.27. The summed E-state index contributed by atoms with van der Waals surface area (Å²) in [5, 5.41) is 11.9. The third-order valence-electron chi connectivity index (χ3n) is 3.11. The first-order chi connectivity index (χ1) is 9.24.